The summed E-state index contributed by atoms with van der Waals surface area (Å²) in [4.78, 5) is 5.53. The fourth-order valence-electron chi connectivity index (χ4n) is 3.66. The third-order valence-corrected chi connectivity index (χ3v) is 9.60. The molecule has 30 heavy (non-hydrogen) atoms. The van der Waals surface area contributed by atoms with Crippen molar-refractivity contribution in [3.63, 3.8) is 0 Å². The number of rotatable bonds is 2. The van der Waals surface area contributed by atoms with Crippen LogP contribution in [0.25, 0.3) is 0 Å². The molecule has 0 saturated heterocycles. The maximum Gasteiger partial charge on any atom is 0.194 e. The van der Waals surface area contributed by atoms with Crippen molar-refractivity contribution in [1.82, 2.24) is 0 Å². The van der Waals surface area contributed by atoms with Gasteiger partial charge in [-0.05, 0) is 43.0 Å². The van der Waals surface area contributed by atoms with Gasteiger partial charge in [-0.1, -0.05) is 23.4 Å². The normalized spacial score (nSPS) is 21.5. The van der Waals surface area contributed by atoms with E-state index < -0.39 is 38.1 Å². The van der Waals surface area contributed by atoms with Gasteiger partial charge in [0.25, 0.3) is 0 Å². The topological polar surface area (TPSA) is 72.5 Å². The largest absolute Gasteiger partial charge is 0.386 e. The summed E-state index contributed by atoms with van der Waals surface area (Å²) in [7, 11) is -3.45. The highest BCUT2D eigenvalue weighted by molar-refractivity contribution is 7.93. The zero-order valence-electron chi connectivity index (χ0n) is 15.5. The highest BCUT2D eigenvalue weighted by Gasteiger charge is 2.55. The maximum absolute atomic E-state index is 13.3. The zero-order valence-corrected chi connectivity index (χ0v) is 17.9. The Bertz CT molecular complexity index is 1200. The first-order valence-corrected chi connectivity index (χ1v) is 12.0. The molecule has 1 atom stereocenters. The number of hydrogen-bond acceptors (Lipinski definition) is 5. The Labute approximate surface area is 180 Å². The van der Waals surface area contributed by atoms with E-state index in [1.165, 1.54) is 11.3 Å². The van der Waals surface area contributed by atoms with Crippen molar-refractivity contribution in [2.24, 2.45) is 10.7 Å². The standard InChI is InChI=1S/C20H16ClF3N2O2S2/c21-13-9-12(4-1-3-11-7-14(22)17(24)15(23)8-11)29-18(13)16-10-30(27,28)20(5-2-6-20)19(25)26-16/h7-9,16H,2-3,5-6,10H2,(H2,25,26). The van der Waals surface area contributed by atoms with Crippen LogP contribution >= 0.6 is 22.9 Å². The lowest BCUT2D eigenvalue weighted by Gasteiger charge is -2.43. The van der Waals surface area contributed by atoms with Crippen molar-refractivity contribution in [2.75, 3.05) is 5.75 Å². The van der Waals surface area contributed by atoms with E-state index in [1.54, 1.807) is 6.07 Å². The van der Waals surface area contributed by atoms with Crippen LogP contribution < -0.4 is 5.73 Å². The molecule has 0 radical (unpaired) electrons. The molecule has 1 aromatic heterocycles. The van der Waals surface area contributed by atoms with E-state index >= 15 is 0 Å². The molecule has 2 aliphatic rings. The first-order chi connectivity index (χ1) is 14.1. The van der Waals surface area contributed by atoms with Gasteiger partial charge in [-0.15, -0.1) is 11.3 Å². The number of hydrogen-bond donors (Lipinski definition) is 1. The molecule has 1 aliphatic heterocycles. The first-order valence-electron chi connectivity index (χ1n) is 9.10. The van der Waals surface area contributed by atoms with Crippen LogP contribution in [0.3, 0.4) is 0 Å². The third-order valence-electron chi connectivity index (χ3n) is 5.46. The van der Waals surface area contributed by atoms with Crippen LogP contribution in [-0.2, 0) is 16.3 Å². The average Bonchev–Trinajstić information content (AvgIpc) is 2.97. The predicted octanol–water partition coefficient (Wildman–Crippen LogP) is 4.16. The van der Waals surface area contributed by atoms with E-state index in [9.17, 15) is 21.6 Å². The first kappa shape index (κ1) is 21.2. The van der Waals surface area contributed by atoms with Crippen LogP contribution in [-0.4, -0.2) is 24.8 Å². The average molecular weight is 473 g/mol. The number of aliphatic imine (C=N–C) groups is 1. The van der Waals surface area contributed by atoms with Crippen LogP contribution in [0.1, 0.15) is 40.6 Å². The molecule has 158 valence electrons. The molecule has 1 fully saturated rings. The Morgan fingerprint density at radius 2 is 1.90 bits per heavy atom. The number of benzene rings is 1. The molecule has 0 amide bonds. The predicted molar refractivity (Wildman–Crippen MR) is 111 cm³/mol. The quantitative estimate of drug-likeness (QED) is 0.527. The Morgan fingerprint density at radius 1 is 1.23 bits per heavy atom. The number of thiophene rings is 1. The maximum atomic E-state index is 13.3. The summed E-state index contributed by atoms with van der Waals surface area (Å²) in [6.45, 7) is 0. The van der Waals surface area contributed by atoms with Crippen molar-refractivity contribution >= 4 is 38.6 Å². The van der Waals surface area contributed by atoms with Crippen LogP contribution in [0.4, 0.5) is 13.2 Å². The Hall–Kier alpha value is -2.02. The minimum atomic E-state index is -3.45. The molecular formula is C20H16ClF3N2O2S2. The minimum Gasteiger partial charge on any atom is -0.386 e. The summed E-state index contributed by atoms with van der Waals surface area (Å²) in [6.07, 6.45) is 1.81. The fraction of sp³-hybridized carbons (Fsp3) is 0.350. The summed E-state index contributed by atoms with van der Waals surface area (Å²) in [6, 6.07) is 2.68. The molecule has 2 N–H and O–H groups in total. The van der Waals surface area contributed by atoms with E-state index in [1.807, 2.05) is 0 Å². The molecule has 1 spiro atoms. The zero-order chi connectivity index (χ0) is 21.7. The van der Waals surface area contributed by atoms with Gasteiger partial charge in [-0.3, -0.25) is 4.99 Å². The van der Waals surface area contributed by atoms with E-state index in [-0.39, 0.29) is 23.6 Å². The summed E-state index contributed by atoms with van der Waals surface area (Å²) in [5.41, 5.74) is 6.23. The van der Waals surface area contributed by atoms with Gasteiger partial charge in [0.2, 0.25) is 0 Å². The molecule has 4 nitrogen and oxygen atoms in total. The Kier molecular flexibility index (Phi) is 5.37. The molecule has 2 aromatic rings. The molecule has 10 heteroatoms. The van der Waals surface area contributed by atoms with Gasteiger partial charge >= 0.3 is 0 Å². The molecular weight excluding hydrogens is 457 g/mol. The monoisotopic (exact) mass is 472 g/mol. The summed E-state index contributed by atoms with van der Waals surface area (Å²) < 4.78 is 64.1. The number of amidine groups is 1. The van der Waals surface area contributed by atoms with E-state index in [0.717, 1.165) is 18.6 Å². The molecule has 2 heterocycles. The van der Waals surface area contributed by atoms with Crippen molar-refractivity contribution < 1.29 is 21.6 Å². The molecule has 1 unspecified atom stereocenters. The van der Waals surface area contributed by atoms with Gasteiger partial charge in [0.15, 0.2) is 27.3 Å². The van der Waals surface area contributed by atoms with Crippen molar-refractivity contribution in [1.29, 1.82) is 0 Å². The van der Waals surface area contributed by atoms with Crippen LogP contribution in [0, 0.1) is 29.3 Å². The highest BCUT2D eigenvalue weighted by atomic mass is 35.5. The summed E-state index contributed by atoms with van der Waals surface area (Å²) in [5, 5.41) is 0.337. The van der Waals surface area contributed by atoms with E-state index in [4.69, 9.17) is 17.3 Å². The van der Waals surface area contributed by atoms with Gasteiger partial charge in [0.1, 0.15) is 16.6 Å². The van der Waals surface area contributed by atoms with Crippen molar-refractivity contribution in [3.05, 3.63) is 56.0 Å². The number of nitrogens with zero attached hydrogens (tertiary/aromatic N) is 1. The molecule has 1 aromatic carbocycles. The van der Waals surface area contributed by atoms with Gasteiger partial charge < -0.3 is 5.73 Å². The second kappa shape index (κ2) is 7.59. The lowest BCUT2D eigenvalue weighted by atomic mass is 9.83. The number of nitrogens with two attached hydrogens (primary N) is 1. The van der Waals surface area contributed by atoms with Gasteiger partial charge in [-0.25, -0.2) is 21.6 Å². The third kappa shape index (κ3) is 3.51. The molecule has 1 aliphatic carbocycles. The van der Waals surface area contributed by atoms with E-state index in [0.29, 0.717) is 27.6 Å². The van der Waals surface area contributed by atoms with Crippen LogP contribution in [0.5, 0.6) is 0 Å². The van der Waals surface area contributed by atoms with Gasteiger partial charge in [-0.2, -0.15) is 0 Å². The summed E-state index contributed by atoms with van der Waals surface area (Å²) in [5.74, 6) is 1.51. The SMILES string of the molecule is NC1=NC(c2sc(C#CCc3cc(F)c(F)c(F)c3)cc2Cl)CS(=O)(=O)C12CCC2. The smallest absolute Gasteiger partial charge is 0.194 e. The van der Waals surface area contributed by atoms with Crippen LogP contribution in [0.15, 0.2) is 23.2 Å². The minimum absolute atomic E-state index is 0.00437. The number of halogens is 4. The van der Waals surface area contributed by atoms with Gasteiger partial charge in [0.05, 0.1) is 20.5 Å². The van der Waals surface area contributed by atoms with E-state index in [2.05, 4.69) is 16.8 Å². The lowest BCUT2D eigenvalue weighted by Crippen LogP contribution is -2.59. The highest BCUT2D eigenvalue weighted by Crippen LogP contribution is 2.46. The number of sulfone groups is 1. The van der Waals surface area contributed by atoms with Crippen molar-refractivity contribution in [2.45, 2.75) is 36.5 Å². The fourth-order valence-corrected chi connectivity index (χ4v) is 7.41. The lowest BCUT2D eigenvalue weighted by molar-refractivity contribution is 0.408. The van der Waals surface area contributed by atoms with Crippen LogP contribution in [0.2, 0.25) is 5.02 Å². The van der Waals surface area contributed by atoms with Crippen molar-refractivity contribution in [3.8, 4) is 11.8 Å². The Balaban J connectivity index is 1.56. The molecule has 1 saturated carbocycles. The Morgan fingerprint density at radius 3 is 2.47 bits per heavy atom. The molecule has 4 rings (SSSR count). The van der Waals surface area contributed by atoms with Gasteiger partial charge in [0, 0.05) is 6.42 Å². The summed E-state index contributed by atoms with van der Waals surface area (Å²) >= 11 is 7.49. The second-order valence-electron chi connectivity index (χ2n) is 7.33. The molecule has 0 bridgehead atoms. The second-order valence-corrected chi connectivity index (χ2v) is 11.2.